The Morgan fingerprint density at radius 3 is 2.75 bits per heavy atom. The Labute approximate surface area is 140 Å². The average molecular weight is 327 g/mol. The molecular formula is C17H21N5O2. The summed E-state index contributed by atoms with van der Waals surface area (Å²) in [4.78, 5) is 24.9. The maximum Gasteiger partial charge on any atom is 0.317 e. The fourth-order valence-corrected chi connectivity index (χ4v) is 2.82. The number of amides is 3. The van der Waals surface area contributed by atoms with Crippen molar-refractivity contribution in [3.63, 3.8) is 0 Å². The van der Waals surface area contributed by atoms with Gasteiger partial charge >= 0.3 is 6.03 Å². The highest BCUT2D eigenvalue weighted by molar-refractivity contribution is 5.80. The van der Waals surface area contributed by atoms with Crippen molar-refractivity contribution in [1.29, 1.82) is 0 Å². The molecule has 0 bridgehead atoms. The minimum Gasteiger partial charge on any atom is -0.369 e. The van der Waals surface area contributed by atoms with Gasteiger partial charge in [0.2, 0.25) is 5.91 Å². The van der Waals surface area contributed by atoms with Crippen LogP contribution in [-0.4, -0.2) is 39.7 Å². The summed E-state index contributed by atoms with van der Waals surface area (Å²) in [5.74, 6) is -0.572. The van der Waals surface area contributed by atoms with E-state index in [1.165, 1.54) is 5.56 Å². The maximum absolute atomic E-state index is 12.1. The van der Waals surface area contributed by atoms with Crippen molar-refractivity contribution in [3.05, 3.63) is 53.9 Å². The van der Waals surface area contributed by atoms with Gasteiger partial charge in [0.15, 0.2) is 0 Å². The molecule has 2 heterocycles. The molecule has 3 amide bonds. The van der Waals surface area contributed by atoms with Gasteiger partial charge in [0.05, 0.1) is 18.7 Å². The van der Waals surface area contributed by atoms with Crippen molar-refractivity contribution in [2.24, 2.45) is 11.7 Å². The third-order valence-electron chi connectivity index (χ3n) is 4.20. The largest absolute Gasteiger partial charge is 0.369 e. The van der Waals surface area contributed by atoms with Crippen LogP contribution in [0.25, 0.3) is 0 Å². The summed E-state index contributed by atoms with van der Waals surface area (Å²) in [5, 5.41) is 7.17. The number of likely N-dealkylation sites (tertiary alicyclic amines) is 1. The molecule has 1 atom stereocenters. The van der Waals surface area contributed by atoms with Gasteiger partial charge in [-0.1, -0.05) is 30.3 Å². The molecule has 1 aliphatic heterocycles. The lowest BCUT2D eigenvalue weighted by Crippen LogP contribution is -2.39. The zero-order chi connectivity index (χ0) is 16.9. The second-order valence-electron chi connectivity index (χ2n) is 6.02. The second-order valence-corrected chi connectivity index (χ2v) is 6.02. The lowest BCUT2D eigenvalue weighted by molar-refractivity contribution is -0.121. The molecule has 1 aromatic carbocycles. The number of aromatic nitrogens is 2. The molecule has 7 heteroatoms. The highest BCUT2D eigenvalue weighted by atomic mass is 16.2. The fourth-order valence-electron chi connectivity index (χ4n) is 2.82. The Morgan fingerprint density at radius 1 is 1.25 bits per heavy atom. The molecule has 3 N–H and O–H groups in total. The van der Waals surface area contributed by atoms with Gasteiger partial charge in [0.1, 0.15) is 0 Å². The molecular weight excluding hydrogens is 306 g/mol. The first kappa shape index (κ1) is 16.0. The van der Waals surface area contributed by atoms with Gasteiger partial charge in [0.25, 0.3) is 0 Å². The smallest absolute Gasteiger partial charge is 0.317 e. The van der Waals surface area contributed by atoms with Crippen LogP contribution in [-0.2, 0) is 17.9 Å². The number of hydrogen-bond acceptors (Lipinski definition) is 3. The van der Waals surface area contributed by atoms with E-state index in [2.05, 4.69) is 10.4 Å². The SMILES string of the molecule is NC(=O)[C@@H]1CCN(C(=O)NCc2cnn(Cc3ccccc3)c2)C1. The molecule has 0 aliphatic carbocycles. The van der Waals surface area contributed by atoms with Crippen LogP contribution in [0, 0.1) is 5.92 Å². The molecule has 1 saturated heterocycles. The lowest BCUT2D eigenvalue weighted by Gasteiger charge is -2.16. The van der Waals surface area contributed by atoms with Crippen molar-refractivity contribution in [3.8, 4) is 0 Å². The summed E-state index contributed by atoms with van der Waals surface area (Å²) in [7, 11) is 0. The van der Waals surface area contributed by atoms with Gasteiger partial charge in [-0.15, -0.1) is 0 Å². The van der Waals surface area contributed by atoms with Crippen molar-refractivity contribution >= 4 is 11.9 Å². The molecule has 24 heavy (non-hydrogen) atoms. The van der Waals surface area contributed by atoms with Crippen molar-refractivity contribution < 1.29 is 9.59 Å². The van der Waals surface area contributed by atoms with Crippen LogP contribution in [0.3, 0.4) is 0 Å². The van der Waals surface area contributed by atoms with Gasteiger partial charge in [-0.05, 0) is 12.0 Å². The third-order valence-corrected chi connectivity index (χ3v) is 4.20. The van der Waals surface area contributed by atoms with E-state index in [9.17, 15) is 9.59 Å². The molecule has 0 radical (unpaired) electrons. The van der Waals surface area contributed by atoms with Crippen LogP contribution in [0.5, 0.6) is 0 Å². The first-order valence-electron chi connectivity index (χ1n) is 7.99. The fraction of sp³-hybridized carbons (Fsp3) is 0.353. The van der Waals surface area contributed by atoms with Crippen LogP contribution in [0.1, 0.15) is 17.5 Å². The van der Waals surface area contributed by atoms with E-state index in [4.69, 9.17) is 5.73 Å². The van der Waals surface area contributed by atoms with Gasteiger partial charge in [-0.3, -0.25) is 9.48 Å². The lowest BCUT2D eigenvalue weighted by atomic mass is 10.1. The number of nitrogens with zero attached hydrogens (tertiary/aromatic N) is 3. The predicted octanol–water partition coefficient (Wildman–Crippen LogP) is 0.948. The van der Waals surface area contributed by atoms with Gasteiger partial charge in [-0.25, -0.2) is 4.79 Å². The van der Waals surface area contributed by atoms with E-state index in [0.717, 1.165) is 5.56 Å². The topological polar surface area (TPSA) is 93.2 Å². The second kappa shape index (κ2) is 7.16. The van der Waals surface area contributed by atoms with Crippen LogP contribution >= 0.6 is 0 Å². The summed E-state index contributed by atoms with van der Waals surface area (Å²) >= 11 is 0. The number of carbonyl (C=O) groups is 2. The zero-order valence-electron chi connectivity index (χ0n) is 13.4. The van der Waals surface area contributed by atoms with Gasteiger partial charge in [-0.2, -0.15) is 5.10 Å². The van der Waals surface area contributed by atoms with Crippen LogP contribution in [0.15, 0.2) is 42.7 Å². The highest BCUT2D eigenvalue weighted by Gasteiger charge is 2.29. The zero-order valence-corrected chi connectivity index (χ0v) is 13.4. The minimum absolute atomic E-state index is 0.172. The van der Waals surface area contributed by atoms with E-state index in [0.29, 0.717) is 32.6 Å². The number of nitrogens with one attached hydrogen (secondary N) is 1. The van der Waals surface area contributed by atoms with E-state index in [-0.39, 0.29) is 17.9 Å². The molecule has 126 valence electrons. The number of nitrogens with two attached hydrogens (primary N) is 1. The Hall–Kier alpha value is -2.83. The number of benzene rings is 1. The Morgan fingerprint density at radius 2 is 2.04 bits per heavy atom. The molecule has 2 aromatic rings. The number of primary amides is 1. The van der Waals surface area contributed by atoms with Crippen molar-refractivity contribution in [2.75, 3.05) is 13.1 Å². The van der Waals surface area contributed by atoms with Gasteiger partial charge < -0.3 is 16.0 Å². The molecule has 0 unspecified atom stereocenters. The Balaban J connectivity index is 1.49. The number of hydrogen-bond donors (Lipinski definition) is 2. The van der Waals surface area contributed by atoms with E-state index in [1.54, 1.807) is 11.1 Å². The Kier molecular flexibility index (Phi) is 4.79. The van der Waals surface area contributed by atoms with Crippen LogP contribution < -0.4 is 11.1 Å². The number of rotatable bonds is 5. The third kappa shape index (κ3) is 3.92. The van der Waals surface area contributed by atoms with E-state index < -0.39 is 0 Å². The van der Waals surface area contributed by atoms with Crippen LogP contribution in [0.2, 0.25) is 0 Å². The molecule has 7 nitrogen and oxygen atoms in total. The molecule has 0 spiro atoms. The number of carbonyl (C=O) groups excluding carboxylic acids is 2. The molecule has 1 aromatic heterocycles. The molecule has 1 fully saturated rings. The molecule has 3 rings (SSSR count). The van der Waals surface area contributed by atoms with E-state index in [1.807, 2.05) is 41.2 Å². The summed E-state index contributed by atoms with van der Waals surface area (Å²) in [5.41, 5.74) is 7.39. The van der Waals surface area contributed by atoms with E-state index >= 15 is 0 Å². The van der Waals surface area contributed by atoms with Gasteiger partial charge in [0, 0.05) is 31.4 Å². The van der Waals surface area contributed by atoms with Crippen molar-refractivity contribution in [1.82, 2.24) is 20.0 Å². The minimum atomic E-state index is -0.340. The normalized spacial score (nSPS) is 17.0. The summed E-state index contributed by atoms with van der Waals surface area (Å²) in [6.07, 6.45) is 4.31. The standard InChI is InChI=1S/C17H21N5O2/c18-16(23)15-6-7-21(12-15)17(24)19-8-14-9-20-22(11-14)10-13-4-2-1-3-5-13/h1-5,9,11,15H,6-8,10,12H2,(H2,18,23)(H,19,24)/t15-/m1/s1. The maximum atomic E-state index is 12.1. The molecule has 1 aliphatic rings. The highest BCUT2D eigenvalue weighted by Crippen LogP contribution is 2.15. The van der Waals surface area contributed by atoms with Crippen LogP contribution in [0.4, 0.5) is 4.79 Å². The number of urea groups is 1. The average Bonchev–Trinajstić information content (AvgIpc) is 3.23. The van der Waals surface area contributed by atoms with Crippen molar-refractivity contribution in [2.45, 2.75) is 19.5 Å². The monoisotopic (exact) mass is 327 g/mol. The first-order chi connectivity index (χ1) is 11.6. The summed E-state index contributed by atoms with van der Waals surface area (Å²) in [6.45, 7) is 2.06. The first-order valence-corrected chi connectivity index (χ1v) is 7.99. The predicted molar refractivity (Wildman–Crippen MR) is 88.9 cm³/mol. The quantitative estimate of drug-likeness (QED) is 0.856. The summed E-state index contributed by atoms with van der Waals surface area (Å²) in [6, 6.07) is 9.89. The summed E-state index contributed by atoms with van der Waals surface area (Å²) < 4.78 is 1.84. The molecule has 0 saturated carbocycles. The Bertz CT molecular complexity index is 713.